The summed E-state index contributed by atoms with van der Waals surface area (Å²) >= 11 is 0. The van der Waals surface area contributed by atoms with Gasteiger partial charge in [0.25, 0.3) is 11.6 Å². The van der Waals surface area contributed by atoms with E-state index < -0.39 is 16.3 Å². The molecular weight excluding hydrogens is 360 g/mol. The highest BCUT2D eigenvalue weighted by molar-refractivity contribution is 5.92. The summed E-state index contributed by atoms with van der Waals surface area (Å²) < 4.78 is 1.24. The Hall–Kier alpha value is -3.81. The van der Waals surface area contributed by atoms with E-state index in [1.807, 2.05) is 30.3 Å². The molecule has 0 saturated carbocycles. The van der Waals surface area contributed by atoms with Crippen LogP contribution in [-0.4, -0.2) is 20.6 Å². The Morgan fingerprint density at radius 1 is 1.14 bits per heavy atom. The SMILES string of the molecule is Cc1cc(=O)c(C(=O)N[C@@H](C)c2ccccc2)nn1-c1ccccc1[N+](=O)[O-]. The predicted molar refractivity (Wildman–Crippen MR) is 104 cm³/mol. The van der Waals surface area contributed by atoms with E-state index in [9.17, 15) is 19.7 Å². The summed E-state index contributed by atoms with van der Waals surface area (Å²) in [7, 11) is 0. The molecule has 1 N–H and O–H groups in total. The number of para-hydroxylation sites is 2. The molecule has 0 spiro atoms. The van der Waals surface area contributed by atoms with Crippen LogP contribution in [0.1, 0.15) is 34.7 Å². The van der Waals surface area contributed by atoms with Crippen molar-refractivity contribution in [2.24, 2.45) is 0 Å². The smallest absolute Gasteiger partial charge is 0.294 e. The molecule has 8 nitrogen and oxygen atoms in total. The Bertz CT molecular complexity index is 1090. The average molecular weight is 378 g/mol. The van der Waals surface area contributed by atoms with Crippen LogP contribution in [0, 0.1) is 17.0 Å². The highest BCUT2D eigenvalue weighted by Gasteiger charge is 2.21. The molecule has 0 aliphatic heterocycles. The van der Waals surface area contributed by atoms with E-state index in [0.29, 0.717) is 5.69 Å². The van der Waals surface area contributed by atoms with Gasteiger partial charge in [0.15, 0.2) is 5.69 Å². The Morgan fingerprint density at radius 3 is 2.46 bits per heavy atom. The number of hydrogen-bond donors (Lipinski definition) is 1. The molecular formula is C20H18N4O4. The van der Waals surface area contributed by atoms with Gasteiger partial charge in [0, 0.05) is 17.8 Å². The third-order valence-electron chi connectivity index (χ3n) is 4.28. The molecule has 0 radical (unpaired) electrons. The zero-order valence-corrected chi connectivity index (χ0v) is 15.3. The molecule has 0 aliphatic rings. The Morgan fingerprint density at radius 2 is 1.79 bits per heavy atom. The fourth-order valence-electron chi connectivity index (χ4n) is 2.84. The van der Waals surface area contributed by atoms with Gasteiger partial charge in [-0.05, 0) is 25.5 Å². The van der Waals surface area contributed by atoms with Gasteiger partial charge in [-0.3, -0.25) is 19.7 Å². The van der Waals surface area contributed by atoms with Crippen molar-refractivity contribution in [3.05, 3.63) is 98.0 Å². The maximum Gasteiger partial charge on any atom is 0.294 e. The van der Waals surface area contributed by atoms with E-state index in [-0.39, 0.29) is 23.1 Å². The summed E-state index contributed by atoms with van der Waals surface area (Å²) in [5, 5.41) is 18.2. The number of rotatable bonds is 5. The summed E-state index contributed by atoms with van der Waals surface area (Å²) in [5.74, 6) is -0.645. The minimum atomic E-state index is -0.645. The van der Waals surface area contributed by atoms with Gasteiger partial charge < -0.3 is 5.32 Å². The summed E-state index contributed by atoms with van der Waals surface area (Å²) in [6.07, 6.45) is 0. The normalized spacial score (nSPS) is 11.6. The van der Waals surface area contributed by atoms with Crippen molar-refractivity contribution >= 4 is 11.6 Å². The Balaban J connectivity index is 2.00. The highest BCUT2D eigenvalue weighted by atomic mass is 16.6. The second-order valence-electron chi connectivity index (χ2n) is 6.26. The van der Waals surface area contributed by atoms with Gasteiger partial charge in [0.2, 0.25) is 5.43 Å². The maximum atomic E-state index is 12.6. The van der Waals surface area contributed by atoms with Gasteiger partial charge in [0.1, 0.15) is 5.69 Å². The molecule has 0 aliphatic carbocycles. The lowest BCUT2D eigenvalue weighted by Crippen LogP contribution is -2.33. The van der Waals surface area contributed by atoms with Crippen LogP contribution < -0.4 is 10.7 Å². The summed E-state index contributed by atoms with van der Waals surface area (Å²) in [4.78, 5) is 35.8. The van der Waals surface area contributed by atoms with E-state index in [1.54, 1.807) is 19.9 Å². The number of hydrogen-bond acceptors (Lipinski definition) is 5. The van der Waals surface area contributed by atoms with E-state index >= 15 is 0 Å². The fraction of sp³-hybridized carbons (Fsp3) is 0.150. The lowest BCUT2D eigenvalue weighted by atomic mass is 10.1. The number of nitrogens with zero attached hydrogens (tertiary/aromatic N) is 3. The van der Waals surface area contributed by atoms with Crippen LogP contribution in [0.4, 0.5) is 5.69 Å². The first-order valence-electron chi connectivity index (χ1n) is 8.59. The largest absolute Gasteiger partial charge is 0.344 e. The minimum Gasteiger partial charge on any atom is -0.344 e. The van der Waals surface area contributed by atoms with Gasteiger partial charge in [-0.1, -0.05) is 42.5 Å². The number of carbonyl (C=O) groups is 1. The zero-order chi connectivity index (χ0) is 20.3. The summed E-state index contributed by atoms with van der Waals surface area (Å²) in [6.45, 7) is 3.39. The molecule has 1 aromatic heterocycles. The Kier molecular flexibility index (Phi) is 5.30. The van der Waals surface area contributed by atoms with Crippen molar-refractivity contribution in [1.29, 1.82) is 0 Å². The molecule has 142 valence electrons. The first-order chi connectivity index (χ1) is 13.4. The van der Waals surface area contributed by atoms with Crippen LogP contribution in [0.15, 0.2) is 65.5 Å². The quantitative estimate of drug-likeness (QED) is 0.542. The zero-order valence-electron chi connectivity index (χ0n) is 15.3. The van der Waals surface area contributed by atoms with Crippen LogP contribution in [0.3, 0.4) is 0 Å². The second-order valence-corrected chi connectivity index (χ2v) is 6.26. The number of aryl methyl sites for hydroxylation is 1. The van der Waals surface area contributed by atoms with Crippen molar-refractivity contribution in [3.63, 3.8) is 0 Å². The van der Waals surface area contributed by atoms with Gasteiger partial charge in [0.05, 0.1) is 11.0 Å². The van der Waals surface area contributed by atoms with Gasteiger partial charge in [-0.2, -0.15) is 5.10 Å². The lowest BCUT2D eigenvalue weighted by molar-refractivity contribution is -0.384. The van der Waals surface area contributed by atoms with Crippen molar-refractivity contribution in [2.45, 2.75) is 19.9 Å². The predicted octanol–water partition coefficient (Wildman–Crippen LogP) is 2.94. The summed E-state index contributed by atoms with van der Waals surface area (Å²) in [5.41, 5.74) is 0.381. The van der Waals surface area contributed by atoms with Crippen molar-refractivity contribution < 1.29 is 9.72 Å². The Labute approximate surface area is 160 Å². The number of carbonyl (C=O) groups excluding carboxylic acids is 1. The highest BCUT2D eigenvalue weighted by Crippen LogP contribution is 2.22. The van der Waals surface area contributed by atoms with Gasteiger partial charge in [-0.25, -0.2) is 4.68 Å². The first kappa shape index (κ1) is 19.0. The number of nitrogens with one attached hydrogen (secondary N) is 1. The molecule has 28 heavy (non-hydrogen) atoms. The third kappa shape index (κ3) is 3.80. The molecule has 8 heteroatoms. The molecule has 0 bridgehead atoms. The van der Waals surface area contributed by atoms with Gasteiger partial charge in [-0.15, -0.1) is 0 Å². The molecule has 2 aromatic carbocycles. The van der Waals surface area contributed by atoms with Crippen molar-refractivity contribution in [2.75, 3.05) is 0 Å². The molecule has 0 fully saturated rings. The van der Waals surface area contributed by atoms with Crippen LogP contribution in [0.2, 0.25) is 0 Å². The minimum absolute atomic E-state index is 0.175. The molecule has 0 saturated heterocycles. The lowest BCUT2D eigenvalue weighted by Gasteiger charge is -2.15. The molecule has 1 amide bonds. The summed E-state index contributed by atoms with van der Waals surface area (Å²) in [6, 6.07) is 16.2. The molecule has 1 heterocycles. The number of nitro benzene ring substituents is 1. The number of nitro groups is 1. The van der Waals surface area contributed by atoms with E-state index in [4.69, 9.17) is 0 Å². The van der Waals surface area contributed by atoms with E-state index in [1.165, 1.54) is 28.9 Å². The van der Waals surface area contributed by atoms with Crippen LogP contribution in [0.5, 0.6) is 0 Å². The third-order valence-corrected chi connectivity index (χ3v) is 4.28. The second kappa shape index (κ2) is 7.83. The number of amides is 1. The maximum absolute atomic E-state index is 12.6. The average Bonchev–Trinajstić information content (AvgIpc) is 2.68. The van der Waals surface area contributed by atoms with Crippen LogP contribution >= 0.6 is 0 Å². The number of benzene rings is 2. The van der Waals surface area contributed by atoms with Crippen molar-refractivity contribution in [1.82, 2.24) is 15.1 Å². The van der Waals surface area contributed by atoms with Crippen LogP contribution in [0.25, 0.3) is 5.69 Å². The number of aromatic nitrogens is 2. The standard InChI is InChI=1S/C20H18N4O4/c1-13-12-18(25)19(20(26)21-14(2)15-8-4-3-5-9-15)22-23(13)16-10-6-7-11-17(16)24(27)28/h3-12,14H,1-2H3,(H,21,26)/t14-/m0/s1. The monoisotopic (exact) mass is 378 g/mol. The fourth-order valence-corrected chi connectivity index (χ4v) is 2.84. The van der Waals surface area contributed by atoms with Crippen molar-refractivity contribution in [3.8, 4) is 5.69 Å². The molecule has 0 unspecified atom stereocenters. The van der Waals surface area contributed by atoms with E-state index in [2.05, 4.69) is 10.4 Å². The van der Waals surface area contributed by atoms with Gasteiger partial charge >= 0.3 is 0 Å². The topological polar surface area (TPSA) is 107 Å². The van der Waals surface area contributed by atoms with E-state index in [0.717, 1.165) is 5.56 Å². The molecule has 1 atom stereocenters. The molecule has 3 rings (SSSR count). The van der Waals surface area contributed by atoms with Crippen LogP contribution in [-0.2, 0) is 0 Å². The molecule has 3 aromatic rings. The first-order valence-corrected chi connectivity index (χ1v) is 8.59.